The van der Waals surface area contributed by atoms with Gasteiger partial charge in [-0.05, 0) is 18.9 Å². The highest BCUT2D eigenvalue weighted by Crippen LogP contribution is 2.18. The molecular weight excluding hydrogens is 152 g/mol. The van der Waals surface area contributed by atoms with Crippen molar-refractivity contribution in [2.45, 2.75) is 12.5 Å². The molecule has 1 radical (unpaired) electrons. The van der Waals surface area contributed by atoms with Crippen LogP contribution in [0.15, 0.2) is 30.3 Å². The maximum Gasteiger partial charge on any atom is 0.293 e. The molecule has 0 aliphatic heterocycles. The van der Waals surface area contributed by atoms with Crippen LogP contribution in [0.1, 0.15) is 18.1 Å². The average Bonchev–Trinajstić information content (AvgIpc) is 2.15. The molecule has 0 saturated heterocycles. The number of benzene rings is 1. The lowest BCUT2D eigenvalue weighted by molar-refractivity contribution is -0.133. The van der Waals surface area contributed by atoms with Gasteiger partial charge in [0.25, 0.3) is 6.47 Å². The van der Waals surface area contributed by atoms with E-state index in [2.05, 4.69) is 6.92 Å². The zero-order chi connectivity index (χ0) is 8.81. The molecule has 2 nitrogen and oxygen atoms in total. The van der Waals surface area contributed by atoms with Gasteiger partial charge in [-0.1, -0.05) is 30.3 Å². The van der Waals surface area contributed by atoms with Crippen LogP contribution < -0.4 is 0 Å². The Morgan fingerprint density at radius 1 is 1.42 bits per heavy atom. The van der Waals surface area contributed by atoms with Gasteiger partial charge in [0.2, 0.25) is 0 Å². The summed E-state index contributed by atoms with van der Waals surface area (Å²) in [7, 11) is 0. The monoisotopic (exact) mass is 163 g/mol. The zero-order valence-electron chi connectivity index (χ0n) is 6.77. The number of carbonyl (C=O) groups excluding carboxylic acids is 1. The first-order chi connectivity index (χ1) is 5.88. The standard InChI is InChI=1S/C10H11O2/c1-2-10(12-8-11)9-6-4-3-5-7-9/h3-8,10H,1-2H2. The van der Waals surface area contributed by atoms with Gasteiger partial charge in [0, 0.05) is 0 Å². The minimum atomic E-state index is -0.205. The fourth-order valence-electron chi connectivity index (χ4n) is 1.05. The number of hydrogen-bond acceptors (Lipinski definition) is 2. The Balaban J connectivity index is 2.72. The largest absolute Gasteiger partial charge is 0.460 e. The maximum absolute atomic E-state index is 10.1. The molecule has 0 aliphatic rings. The van der Waals surface area contributed by atoms with Crippen molar-refractivity contribution in [2.75, 3.05) is 0 Å². The SMILES string of the molecule is [CH2]CC(OC=O)c1ccccc1. The Kier molecular flexibility index (Phi) is 3.33. The third-order valence-electron chi connectivity index (χ3n) is 1.65. The van der Waals surface area contributed by atoms with Crippen LogP contribution in [0.3, 0.4) is 0 Å². The molecule has 0 N–H and O–H groups in total. The molecule has 0 spiro atoms. The highest BCUT2D eigenvalue weighted by molar-refractivity contribution is 5.38. The summed E-state index contributed by atoms with van der Waals surface area (Å²) in [5.41, 5.74) is 0.986. The van der Waals surface area contributed by atoms with Crippen molar-refractivity contribution in [3.05, 3.63) is 42.8 Å². The number of rotatable bonds is 4. The maximum atomic E-state index is 10.1. The second-order valence-corrected chi connectivity index (χ2v) is 2.42. The fraction of sp³-hybridized carbons (Fsp3) is 0.200. The predicted octanol–water partition coefficient (Wildman–Crippen LogP) is 2.12. The lowest BCUT2D eigenvalue weighted by Gasteiger charge is -2.12. The van der Waals surface area contributed by atoms with Crippen LogP contribution in [-0.2, 0) is 9.53 Å². The highest BCUT2D eigenvalue weighted by Gasteiger charge is 2.07. The van der Waals surface area contributed by atoms with E-state index in [1.165, 1.54) is 0 Å². The molecule has 1 rings (SSSR count). The Labute approximate surface area is 72.2 Å². The summed E-state index contributed by atoms with van der Waals surface area (Å²) in [5, 5.41) is 0. The Hall–Kier alpha value is -1.31. The van der Waals surface area contributed by atoms with Crippen LogP contribution >= 0.6 is 0 Å². The molecule has 0 saturated carbocycles. The second-order valence-electron chi connectivity index (χ2n) is 2.42. The molecule has 1 unspecified atom stereocenters. The molecule has 12 heavy (non-hydrogen) atoms. The van der Waals surface area contributed by atoms with E-state index >= 15 is 0 Å². The molecule has 2 heteroatoms. The van der Waals surface area contributed by atoms with Crippen molar-refractivity contribution >= 4 is 6.47 Å². The second kappa shape index (κ2) is 4.54. The van der Waals surface area contributed by atoms with Crippen LogP contribution in [0.25, 0.3) is 0 Å². The molecule has 0 aromatic heterocycles. The van der Waals surface area contributed by atoms with Gasteiger partial charge in [-0.3, -0.25) is 4.79 Å². The summed E-state index contributed by atoms with van der Waals surface area (Å²) < 4.78 is 4.83. The average molecular weight is 163 g/mol. The first kappa shape index (κ1) is 8.78. The van der Waals surface area contributed by atoms with Crippen molar-refractivity contribution in [3.63, 3.8) is 0 Å². The Morgan fingerprint density at radius 2 is 2.08 bits per heavy atom. The van der Waals surface area contributed by atoms with Gasteiger partial charge in [0.15, 0.2) is 0 Å². The predicted molar refractivity (Wildman–Crippen MR) is 46.3 cm³/mol. The molecule has 0 fully saturated rings. The van der Waals surface area contributed by atoms with E-state index in [1.807, 2.05) is 30.3 Å². The van der Waals surface area contributed by atoms with E-state index in [-0.39, 0.29) is 6.10 Å². The quantitative estimate of drug-likeness (QED) is 0.635. The lowest BCUT2D eigenvalue weighted by atomic mass is 10.1. The molecule has 0 amide bonds. The number of hydrogen-bond donors (Lipinski definition) is 0. The van der Waals surface area contributed by atoms with Gasteiger partial charge in [-0.15, -0.1) is 0 Å². The van der Waals surface area contributed by atoms with Crippen LogP contribution in [-0.4, -0.2) is 6.47 Å². The zero-order valence-corrected chi connectivity index (χ0v) is 6.77. The summed E-state index contributed by atoms with van der Waals surface area (Å²) in [6.45, 7) is 4.16. The van der Waals surface area contributed by atoms with Crippen molar-refractivity contribution in [1.82, 2.24) is 0 Å². The first-order valence-electron chi connectivity index (χ1n) is 3.81. The molecule has 0 bridgehead atoms. The van der Waals surface area contributed by atoms with Gasteiger partial charge in [0.1, 0.15) is 6.10 Å². The van der Waals surface area contributed by atoms with Gasteiger partial charge >= 0.3 is 0 Å². The molecular formula is C10H11O2. The lowest BCUT2D eigenvalue weighted by Crippen LogP contribution is -2.00. The van der Waals surface area contributed by atoms with Crippen molar-refractivity contribution in [1.29, 1.82) is 0 Å². The summed E-state index contributed by atoms with van der Waals surface area (Å²) in [6, 6.07) is 9.57. The van der Waals surface area contributed by atoms with Crippen LogP contribution in [0.5, 0.6) is 0 Å². The minimum Gasteiger partial charge on any atom is -0.460 e. The molecule has 0 heterocycles. The van der Waals surface area contributed by atoms with Gasteiger partial charge in [-0.2, -0.15) is 0 Å². The van der Waals surface area contributed by atoms with Crippen molar-refractivity contribution in [2.24, 2.45) is 0 Å². The third kappa shape index (κ3) is 2.09. The highest BCUT2D eigenvalue weighted by atomic mass is 16.5. The normalized spacial score (nSPS) is 12.1. The van der Waals surface area contributed by atoms with E-state index < -0.39 is 0 Å². The van der Waals surface area contributed by atoms with Gasteiger partial charge < -0.3 is 4.74 Å². The van der Waals surface area contributed by atoms with Gasteiger partial charge in [0.05, 0.1) is 0 Å². The summed E-state index contributed by atoms with van der Waals surface area (Å²) >= 11 is 0. The summed E-state index contributed by atoms with van der Waals surface area (Å²) in [4.78, 5) is 10.1. The first-order valence-corrected chi connectivity index (χ1v) is 3.81. The van der Waals surface area contributed by atoms with Crippen LogP contribution in [0.2, 0.25) is 0 Å². The summed E-state index contributed by atoms with van der Waals surface area (Å²) in [5.74, 6) is 0. The van der Waals surface area contributed by atoms with Gasteiger partial charge in [-0.25, -0.2) is 0 Å². The van der Waals surface area contributed by atoms with E-state index in [0.29, 0.717) is 12.9 Å². The molecule has 1 atom stereocenters. The Morgan fingerprint density at radius 3 is 2.58 bits per heavy atom. The molecule has 63 valence electrons. The van der Waals surface area contributed by atoms with E-state index in [9.17, 15) is 4.79 Å². The topological polar surface area (TPSA) is 26.3 Å². The number of ether oxygens (including phenoxy) is 1. The fourth-order valence-corrected chi connectivity index (χ4v) is 1.05. The van der Waals surface area contributed by atoms with E-state index in [1.54, 1.807) is 0 Å². The number of carbonyl (C=O) groups is 1. The molecule has 1 aromatic carbocycles. The van der Waals surface area contributed by atoms with E-state index in [4.69, 9.17) is 4.74 Å². The Bertz CT molecular complexity index is 231. The van der Waals surface area contributed by atoms with Crippen LogP contribution in [0, 0.1) is 6.92 Å². The van der Waals surface area contributed by atoms with Crippen molar-refractivity contribution < 1.29 is 9.53 Å². The third-order valence-corrected chi connectivity index (χ3v) is 1.65. The molecule has 1 aromatic rings. The van der Waals surface area contributed by atoms with E-state index in [0.717, 1.165) is 5.56 Å². The smallest absolute Gasteiger partial charge is 0.293 e. The van der Waals surface area contributed by atoms with Crippen LogP contribution in [0.4, 0.5) is 0 Å². The summed E-state index contributed by atoms with van der Waals surface area (Å²) in [6.07, 6.45) is 0.353. The molecule has 0 aliphatic carbocycles. The van der Waals surface area contributed by atoms with Crippen molar-refractivity contribution in [3.8, 4) is 0 Å². The minimum absolute atomic E-state index is 0.205.